The number of carbonyl (C=O) groups excluding carboxylic acids is 1. The lowest BCUT2D eigenvalue weighted by Gasteiger charge is -2.31. The normalized spacial score (nSPS) is 24.9. The number of esters is 1. The summed E-state index contributed by atoms with van der Waals surface area (Å²) in [5.74, 6) is 1.16. The van der Waals surface area contributed by atoms with E-state index in [0.29, 0.717) is 41.6 Å². The summed E-state index contributed by atoms with van der Waals surface area (Å²) in [6, 6.07) is 15.1. The molecule has 2 fully saturated rings. The van der Waals surface area contributed by atoms with Gasteiger partial charge in [-0.15, -0.1) is 0 Å². The number of nitrogens with zero attached hydrogens (tertiary/aromatic N) is 3. The number of hydrogen-bond donors (Lipinski definition) is 0. The van der Waals surface area contributed by atoms with Gasteiger partial charge >= 0.3 is 5.97 Å². The molecule has 0 N–H and O–H groups in total. The van der Waals surface area contributed by atoms with Gasteiger partial charge in [-0.1, -0.05) is 23.7 Å². The van der Waals surface area contributed by atoms with Crippen molar-refractivity contribution in [1.82, 2.24) is 14.5 Å². The number of rotatable bonds is 7. The van der Waals surface area contributed by atoms with Gasteiger partial charge in [-0.25, -0.2) is 9.78 Å². The molecule has 3 aliphatic heterocycles. The average molecular weight is 590 g/mol. The molecule has 2 aromatic carbocycles. The number of benzene rings is 2. The van der Waals surface area contributed by atoms with Crippen LogP contribution in [0.1, 0.15) is 59.5 Å². The van der Waals surface area contributed by atoms with Gasteiger partial charge in [0.1, 0.15) is 11.5 Å². The first kappa shape index (κ1) is 27.2. The first-order valence-corrected chi connectivity index (χ1v) is 14.7. The molecule has 0 saturated carbocycles. The van der Waals surface area contributed by atoms with Gasteiger partial charge < -0.3 is 28.3 Å². The molecule has 4 aromatic rings. The number of halogens is 1. The van der Waals surface area contributed by atoms with Crippen molar-refractivity contribution in [2.45, 2.75) is 63.1 Å². The summed E-state index contributed by atoms with van der Waals surface area (Å²) in [6.07, 6.45) is 5.28. The van der Waals surface area contributed by atoms with Gasteiger partial charge in [-0.2, -0.15) is 0 Å². The van der Waals surface area contributed by atoms with Crippen LogP contribution in [-0.4, -0.2) is 53.0 Å². The van der Waals surface area contributed by atoms with E-state index in [1.807, 2.05) is 37.3 Å². The summed E-state index contributed by atoms with van der Waals surface area (Å²) in [6.45, 7) is 3.91. The lowest BCUT2D eigenvalue weighted by atomic mass is 9.90. The monoisotopic (exact) mass is 589 g/mol. The zero-order valence-electron chi connectivity index (χ0n) is 23.5. The van der Waals surface area contributed by atoms with E-state index in [1.165, 1.54) is 7.11 Å². The van der Waals surface area contributed by atoms with Gasteiger partial charge in [-0.05, 0) is 55.7 Å². The standard InChI is InChI=1S/C32H32ClN3O6/c1-32(28-11-8-21(33)16-34-28)41-27-5-3-4-24(30(27)42-32)20-6-9-22(40-18-20)15-29-35-25-10-7-19(31(37)38-2)14-26(25)36(29)17-23-12-13-39-23/h3-5,7-8,10-11,14,16,20,22-23H,6,9,12-13,15,17-18H2,1-2H3/t20-,22-,23-,32+/m0/s1. The fourth-order valence-corrected chi connectivity index (χ4v) is 6.16. The first-order valence-electron chi connectivity index (χ1n) is 14.3. The molecule has 0 unspecified atom stereocenters. The predicted octanol–water partition coefficient (Wildman–Crippen LogP) is 5.81. The number of aromatic nitrogens is 3. The molecule has 218 valence electrons. The van der Waals surface area contributed by atoms with Crippen molar-refractivity contribution in [1.29, 1.82) is 0 Å². The Morgan fingerprint density at radius 2 is 1.98 bits per heavy atom. The van der Waals surface area contributed by atoms with E-state index in [4.69, 9.17) is 40.3 Å². The van der Waals surface area contributed by atoms with Crippen LogP contribution in [0, 0.1) is 0 Å². The maximum absolute atomic E-state index is 12.2. The number of pyridine rings is 1. The van der Waals surface area contributed by atoms with Crippen LogP contribution in [0.15, 0.2) is 54.7 Å². The van der Waals surface area contributed by atoms with E-state index in [-0.39, 0.29) is 24.1 Å². The van der Waals surface area contributed by atoms with Crippen molar-refractivity contribution in [2.75, 3.05) is 20.3 Å². The van der Waals surface area contributed by atoms with Crippen LogP contribution in [0.2, 0.25) is 5.02 Å². The molecule has 0 radical (unpaired) electrons. The third-order valence-corrected chi connectivity index (χ3v) is 8.68. The van der Waals surface area contributed by atoms with Crippen molar-refractivity contribution >= 4 is 28.6 Å². The highest BCUT2D eigenvalue weighted by Crippen LogP contribution is 2.49. The molecule has 4 atom stereocenters. The highest BCUT2D eigenvalue weighted by molar-refractivity contribution is 6.30. The van der Waals surface area contributed by atoms with Crippen molar-refractivity contribution in [3.8, 4) is 11.5 Å². The molecule has 2 saturated heterocycles. The van der Waals surface area contributed by atoms with Gasteiger partial charge in [0.25, 0.3) is 5.79 Å². The van der Waals surface area contributed by atoms with E-state index in [0.717, 1.165) is 54.0 Å². The number of carbonyl (C=O) groups is 1. The van der Waals surface area contributed by atoms with Crippen LogP contribution in [0.3, 0.4) is 0 Å². The molecular formula is C32H32ClN3O6. The molecule has 7 rings (SSSR count). The van der Waals surface area contributed by atoms with Crippen molar-refractivity contribution < 1.29 is 28.5 Å². The van der Waals surface area contributed by atoms with Crippen molar-refractivity contribution in [2.24, 2.45) is 0 Å². The molecular weight excluding hydrogens is 558 g/mol. The quantitative estimate of drug-likeness (QED) is 0.249. The minimum absolute atomic E-state index is 0.0247. The van der Waals surface area contributed by atoms with E-state index >= 15 is 0 Å². The number of hydrogen-bond acceptors (Lipinski definition) is 8. The summed E-state index contributed by atoms with van der Waals surface area (Å²) in [7, 11) is 1.39. The maximum atomic E-state index is 12.2. The summed E-state index contributed by atoms with van der Waals surface area (Å²) in [4.78, 5) is 21.6. The second-order valence-corrected chi connectivity index (χ2v) is 11.7. The van der Waals surface area contributed by atoms with Crippen molar-refractivity contribution in [3.05, 3.63) is 82.4 Å². The molecule has 0 aliphatic carbocycles. The molecule has 2 aromatic heterocycles. The topological polar surface area (TPSA) is 93.9 Å². The van der Waals surface area contributed by atoms with E-state index in [9.17, 15) is 4.79 Å². The zero-order chi connectivity index (χ0) is 28.8. The first-order chi connectivity index (χ1) is 20.4. The Morgan fingerprint density at radius 1 is 1.10 bits per heavy atom. The van der Waals surface area contributed by atoms with Crippen molar-refractivity contribution in [3.63, 3.8) is 0 Å². The van der Waals surface area contributed by atoms with Crippen LogP contribution >= 0.6 is 11.6 Å². The Bertz CT molecular complexity index is 1630. The second kappa shape index (κ2) is 10.9. The minimum Gasteiger partial charge on any atom is -0.465 e. The predicted molar refractivity (Wildman–Crippen MR) is 155 cm³/mol. The fraction of sp³-hybridized carbons (Fsp3) is 0.406. The summed E-state index contributed by atoms with van der Waals surface area (Å²) in [5.41, 5.74) is 4.00. The highest BCUT2D eigenvalue weighted by atomic mass is 35.5. The Morgan fingerprint density at radius 3 is 2.69 bits per heavy atom. The lowest BCUT2D eigenvalue weighted by molar-refractivity contribution is -0.0726. The maximum Gasteiger partial charge on any atom is 0.337 e. The Hall–Kier alpha value is -3.66. The Labute approximate surface area is 248 Å². The van der Waals surface area contributed by atoms with E-state index in [2.05, 4.69) is 15.6 Å². The van der Waals surface area contributed by atoms with Gasteiger partial charge in [0.05, 0.1) is 54.1 Å². The largest absolute Gasteiger partial charge is 0.465 e. The third kappa shape index (κ3) is 4.99. The summed E-state index contributed by atoms with van der Waals surface area (Å²) < 4.78 is 32.0. The summed E-state index contributed by atoms with van der Waals surface area (Å²) >= 11 is 6.04. The summed E-state index contributed by atoms with van der Waals surface area (Å²) in [5, 5.41) is 0.561. The van der Waals surface area contributed by atoms with Crippen LogP contribution in [-0.2, 0) is 33.0 Å². The lowest BCUT2D eigenvalue weighted by Crippen LogP contribution is -2.33. The van der Waals surface area contributed by atoms with E-state index in [1.54, 1.807) is 18.3 Å². The van der Waals surface area contributed by atoms with Crippen LogP contribution in [0.4, 0.5) is 0 Å². The fourth-order valence-electron chi connectivity index (χ4n) is 6.04. The average Bonchev–Trinajstić information content (AvgIpc) is 3.51. The van der Waals surface area contributed by atoms with Gasteiger partial charge in [0, 0.05) is 37.6 Å². The van der Waals surface area contributed by atoms with Gasteiger partial charge in [0.15, 0.2) is 11.5 Å². The Kier molecular flexibility index (Phi) is 7.04. The minimum atomic E-state index is -1.03. The number of methoxy groups -OCH3 is 1. The Balaban J connectivity index is 1.07. The highest BCUT2D eigenvalue weighted by Gasteiger charge is 2.42. The number of para-hydroxylation sites is 1. The number of ether oxygens (including phenoxy) is 5. The molecule has 10 heteroatoms. The SMILES string of the molecule is COC(=O)c1ccc2nc(C[C@@H]3CC[C@H](c4cccc5c4O[C@](C)(c4ccc(Cl)cn4)O5)CO3)n(C[C@@H]3CCO3)c2c1. The molecule has 0 spiro atoms. The molecule has 0 bridgehead atoms. The molecule has 42 heavy (non-hydrogen) atoms. The van der Waals surface area contributed by atoms with Crippen LogP contribution in [0.25, 0.3) is 11.0 Å². The zero-order valence-corrected chi connectivity index (χ0v) is 24.3. The second-order valence-electron chi connectivity index (χ2n) is 11.2. The van der Waals surface area contributed by atoms with E-state index < -0.39 is 5.79 Å². The number of imidazole rings is 1. The smallest absolute Gasteiger partial charge is 0.337 e. The third-order valence-electron chi connectivity index (χ3n) is 8.45. The van der Waals surface area contributed by atoms with Crippen LogP contribution in [0.5, 0.6) is 11.5 Å². The molecule has 3 aliphatic rings. The molecule has 0 amide bonds. The molecule has 9 nitrogen and oxygen atoms in total. The van der Waals surface area contributed by atoms with Gasteiger partial charge in [0.2, 0.25) is 0 Å². The van der Waals surface area contributed by atoms with Gasteiger partial charge in [-0.3, -0.25) is 4.98 Å². The van der Waals surface area contributed by atoms with Crippen LogP contribution < -0.4 is 9.47 Å². The number of fused-ring (bicyclic) bond motifs is 2. The molecule has 5 heterocycles.